The van der Waals surface area contributed by atoms with Gasteiger partial charge in [-0.3, -0.25) is 4.57 Å². The zero-order valence-electron chi connectivity index (χ0n) is 26.2. The van der Waals surface area contributed by atoms with E-state index in [4.69, 9.17) is 9.84 Å². The van der Waals surface area contributed by atoms with Gasteiger partial charge in [-0.1, -0.05) is 38.1 Å². The standard InChI is InChI=1S/C39H35FN4O/c1-6-32-25(4)24(3)26(5)33(7-2)39(32)27-22-42-43(23-27)29-11-10-12-30(20-29)45-31-15-16-35-34-13-8-9-14-36(34)44(37(35)21-31)38-19-28(40)17-18-41-38/h8-23H,6-7H2,1-5H3. The molecular weight excluding hydrogens is 559 g/mol. The Labute approximate surface area is 262 Å². The molecule has 0 N–H and O–H groups in total. The van der Waals surface area contributed by atoms with Crippen LogP contribution in [0.2, 0.25) is 0 Å². The number of benzene rings is 4. The normalized spacial score (nSPS) is 11.5. The van der Waals surface area contributed by atoms with Crippen molar-refractivity contribution in [2.75, 3.05) is 0 Å². The van der Waals surface area contributed by atoms with E-state index in [1.807, 2.05) is 70.0 Å². The highest BCUT2D eigenvalue weighted by molar-refractivity contribution is 6.09. The average Bonchev–Trinajstić information content (AvgIpc) is 3.67. The molecule has 0 atom stereocenters. The van der Waals surface area contributed by atoms with E-state index in [0.717, 1.165) is 45.9 Å². The van der Waals surface area contributed by atoms with Crippen LogP contribution in [0.4, 0.5) is 4.39 Å². The van der Waals surface area contributed by atoms with E-state index >= 15 is 0 Å². The molecule has 3 aromatic heterocycles. The Hall–Kier alpha value is -5.23. The van der Waals surface area contributed by atoms with Gasteiger partial charge in [0.25, 0.3) is 0 Å². The molecule has 0 aliphatic heterocycles. The lowest BCUT2D eigenvalue weighted by atomic mass is 9.84. The van der Waals surface area contributed by atoms with Crippen LogP contribution in [0.15, 0.2) is 97.5 Å². The summed E-state index contributed by atoms with van der Waals surface area (Å²) in [5.74, 6) is 1.56. The van der Waals surface area contributed by atoms with Gasteiger partial charge in [0.05, 0.1) is 22.9 Å². The number of fused-ring (bicyclic) bond motifs is 3. The van der Waals surface area contributed by atoms with Crippen LogP contribution >= 0.6 is 0 Å². The lowest BCUT2D eigenvalue weighted by Gasteiger charge is -2.21. The minimum absolute atomic E-state index is 0.332. The minimum atomic E-state index is -0.332. The zero-order valence-corrected chi connectivity index (χ0v) is 26.2. The van der Waals surface area contributed by atoms with Gasteiger partial charge in [0, 0.05) is 46.9 Å². The van der Waals surface area contributed by atoms with Crippen LogP contribution in [0.3, 0.4) is 0 Å². The van der Waals surface area contributed by atoms with Crippen LogP contribution in [0, 0.1) is 26.6 Å². The summed E-state index contributed by atoms with van der Waals surface area (Å²) in [5.41, 5.74) is 12.1. The van der Waals surface area contributed by atoms with E-state index in [2.05, 4.69) is 57.9 Å². The number of pyridine rings is 1. The molecule has 7 aromatic rings. The fourth-order valence-electron chi connectivity index (χ4n) is 6.72. The van der Waals surface area contributed by atoms with E-state index in [9.17, 15) is 4.39 Å². The molecule has 0 bridgehead atoms. The predicted octanol–water partition coefficient (Wildman–Crippen LogP) is 10.0. The van der Waals surface area contributed by atoms with Gasteiger partial charge in [0.15, 0.2) is 0 Å². The first-order valence-corrected chi connectivity index (χ1v) is 15.5. The van der Waals surface area contributed by atoms with Crippen molar-refractivity contribution >= 4 is 21.8 Å². The number of para-hydroxylation sites is 1. The quantitative estimate of drug-likeness (QED) is 0.184. The summed E-state index contributed by atoms with van der Waals surface area (Å²) < 4.78 is 24.6. The largest absolute Gasteiger partial charge is 0.457 e. The fourth-order valence-corrected chi connectivity index (χ4v) is 6.72. The first-order chi connectivity index (χ1) is 21.9. The number of aromatic nitrogens is 4. The average molecular weight is 595 g/mol. The fraction of sp³-hybridized carbons (Fsp3) is 0.179. The number of hydrogen-bond donors (Lipinski definition) is 0. The van der Waals surface area contributed by atoms with E-state index in [1.165, 1.54) is 51.7 Å². The molecule has 3 heterocycles. The topological polar surface area (TPSA) is 44.9 Å². The lowest BCUT2D eigenvalue weighted by Crippen LogP contribution is -2.04. The van der Waals surface area contributed by atoms with Crippen molar-refractivity contribution in [2.24, 2.45) is 0 Å². The molecule has 4 aromatic carbocycles. The highest BCUT2D eigenvalue weighted by Gasteiger charge is 2.19. The Balaban J connectivity index is 1.26. The molecule has 5 nitrogen and oxygen atoms in total. The second kappa shape index (κ2) is 11.4. The Morgan fingerprint density at radius 1 is 0.733 bits per heavy atom. The van der Waals surface area contributed by atoms with Gasteiger partial charge in [0.2, 0.25) is 0 Å². The van der Waals surface area contributed by atoms with Crippen LogP contribution in [-0.4, -0.2) is 19.3 Å². The summed E-state index contributed by atoms with van der Waals surface area (Å²) in [7, 11) is 0. The molecule has 0 amide bonds. The first-order valence-electron chi connectivity index (χ1n) is 15.5. The van der Waals surface area contributed by atoms with Crippen molar-refractivity contribution in [3.05, 3.63) is 131 Å². The van der Waals surface area contributed by atoms with Crippen LogP contribution in [0.1, 0.15) is 41.7 Å². The summed E-state index contributed by atoms with van der Waals surface area (Å²) in [6.07, 6.45) is 7.54. The third kappa shape index (κ3) is 4.87. The maximum atomic E-state index is 14.2. The van der Waals surface area contributed by atoms with Crippen LogP contribution in [-0.2, 0) is 12.8 Å². The molecule has 0 saturated heterocycles. The Bertz CT molecular complexity index is 2190. The minimum Gasteiger partial charge on any atom is -0.457 e. The summed E-state index contributed by atoms with van der Waals surface area (Å²) in [5, 5.41) is 6.89. The van der Waals surface area contributed by atoms with E-state index in [-0.39, 0.29) is 5.82 Å². The van der Waals surface area contributed by atoms with Crippen molar-refractivity contribution in [1.82, 2.24) is 19.3 Å². The molecule has 45 heavy (non-hydrogen) atoms. The third-order valence-electron chi connectivity index (χ3n) is 9.11. The molecule has 6 heteroatoms. The Kier molecular flexibility index (Phi) is 7.20. The van der Waals surface area contributed by atoms with Gasteiger partial charge in [-0.25, -0.2) is 14.1 Å². The monoisotopic (exact) mass is 594 g/mol. The van der Waals surface area contributed by atoms with Crippen molar-refractivity contribution in [1.29, 1.82) is 0 Å². The Morgan fingerprint density at radius 2 is 1.47 bits per heavy atom. The van der Waals surface area contributed by atoms with Crippen LogP contribution in [0.25, 0.3) is 44.4 Å². The molecule has 224 valence electrons. The summed E-state index contributed by atoms with van der Waals surface area (Å²) in [6, 6.07) is 24.9. The SMILES string of the molecule is CCc1c(C)c(C)c(C)c(CC)c1-c1cnn(-c2cccc(Oc3ccc4c5ccccc5n(-c5cc(F)ccn5)c4c3)c2)c1. The number of halogens is 1. The van der Waals surface area contributed by atoms with Crippen LogP contribution in [0.5, 0.6) is 11.5 Å². The maximum absolute atomic E-state index is 14.2. The number of nitrogens with zero attached hydrogens (tertiary/aromatic N) is 4. The third-order valence-corrected chi connectivity index (χ3v) is 9.11. The zero-order chi connectivity index (χ0) is 31.2. The van der Waals surface area contributed by atoms with Crippen LogP contribution < -0.4 is 4.74 Å². The van der Waals surface area contributed by atoms with Gasteiger partial charge in [-0.2, -0.15) is 5.10 Å². The Morgan fingerprint density at radius 3 is 2.22 bits per heavy atom. The van der Waals surface area contributed by atoms with Crippen molar-refractivity contribution in [2.45, 2.75) is 47.5 Å². The molecule has 0 radical (unpaired) electrons. The highest BCUT2D eigenvalue weighted by Crippen LogP contribution is 2.37. The second-order valence-corrected chi connectivity index (χ2v) is 11.6. The summed E-state index contributed by atoms with van der Waals surface area (Å²) >= 11 is 0. The summed E-state index contributed by atoms with van der Waals surface area (Å²) in [6.45, 7) is 11.2. The van der Waals surface area contributed by atoms with E-state index in [0.29, 0.717) is 17.3 Å². The van der Waals surface area contributed by atoms with E-state index in [1.54, 1.807) is 0 Å². The van der Waals surface area contributed by atoms with E-state index < -0.39 is 0 Å². The van der Waals surface area contributed by atoms with Gasteiger partial charge < -0.3 is 4.74 Å². The van der Waals surface area contributed by atoms with Crippen molar-refractivity contribution in [3.63, 3.8) is 0 Å². The molecule has 0 unspecified atom stereocenters. The molecule has 0 saturated carbocycles. The first kappa shape index (κ1) is 28.5. The van der Waals surface area contributed by atoms with Gasteiger partial charge in [-0.15, -0.1) is 0 Å². The van der Waals surface area contributed by atoms with Gasteiger partial charge >= 0.3 is 0 Å². The molecule has 0 aliphatic carbocycles. The second-order valence-electron chi connectivity index (χ2n) is 11.6. The lowest BCUT2D eigenvalue weighted by molar-refractivity contribution is 0.483. The molecule has 7 rings (SSSR count). The molecular formula is C39H35FN4O. The predicted molar refractivity (Wildman–Crippen MR) is 181 cm³/mol. The highest BCUT2D eigenvalue weighted by atomic mass is 19.1. The molecule has 0 fully saturated rings. The van der Waals surface area contributed by atoms with Crippen molar-refractivity contribution < 1.29 is 9.13 Å². The number of rotatable bonds is 7. The van der Waals surface area contributed by atoms with Crippen molar-refractivity contribution in [3.8, 4) is 34.1 Å². The van der Waals surface area contributed by atoms with Gasteiger partial charge in [0.1, 0.15) is 23.1 Å². The molecule has 0 aliphatic rings. The number of hydrogen-bond acceptors (Lipinski definition) is 3. The smallest absolute Gasteiger partial charge is 0.140 e. The summed E-state index contributed by atoms with van der Waals surface area (Å²) in [4.78, 5) is 4.47. The maximum Gasteiger partial charge on any atom is 0.140 e. The number of ether oxygens (including phenoxy) is 1. The van der Waals surface area contributed by atoms with Gasteiger partial charge in [-0.05, 0) is 103 Å². The molecule has 0 spiro atoms.